The number of ether oxygens (including phenoxy) is 1. The van der Waals surface area contributed by atoms with Crippen molar-refractivity contribution in [2.45, 2.75) is 38.8 Å². The maximum atomic E-state index is 6.31. The minimum atomic E-state index is 0.00111. The Bertz CT molecular complexity index is 402. The molecule has 2 unspecified atom stereocenters. The average Bonchev–Trinajstić information content (AvgIpc) is 2.37. The molecule has 0 bridgehead atoms. The summed E-state index contributed by atoms with van der Waals surface area (Å²) in [5.41, 5.74) is 0.945. The summed E-state index contributed by atoms with van der Waals surface area (Å²) in [7, 11) is 0. The molecule has 1 heterocycles. The first-order chi connectivity index (χ1) is 9.09. The highest BCUT2D eigenvalue weighted by molar-refractivity contribution is 6.36. The number of nitrogens with one attached hydrogen (secondary N) is 1. The highest BCUT2D eigenvalue weighted by Crippen LogP contribution is 2.40. The second kappa shape index (κ2) is 6.94. The van der Waals surface area contributed by atoms with Gasteiger partial charge in [-0.2, -0.15) is 0 Å². The van der Waals surface area contributed by atoms with Crippen LogP contribution < -0.4 is 5.32 Å². The van der Waals surface area contributed by atoms with E-state index in [1.807, 2.05) is 18.2 Å². The van der Waals surface area contributed by atoms with Crippen LogP contribution in [-0.4, -0.2) is 19.2 Å². The first-order valence-electron chi connectivity index (χ1n) is 6.88. The number of halogens is 2. The van der Waals surface area contributed by atoms with Crippen molar-refractivity contribution in [3.63, 3.8) is 0 Å². The van der Waals surface area contributed by atoms with Gasteiger partial charge in [0.25, 0.3) is 0 Å². The molecule has 4 heteroatoms. The van der Waals surface area contributed by atoms with Crippen molar-refractivity contribution in [3.8, 4) is 0 Å². The van der Waals surface area contributed by atoms with Gasteiger partial charge in [0.1, 0.15) is 0 Å². The lowest BCUT2D eigenvalue weighted by Gasteiger charge is -2.33. The zero-order valence-electron chi connectivity index (χ0n) is 11.5. The molecule has 0 saturated carbocycles. The van der Waals surface area contributed by atoms with Crippen molar-refractivity contribution < 1.29 is 4.74 Å². The molecule has 2 rings (SSSR count). The summed E-state index contributed by atoms with van der Waals surface area (Å²) in [6.07, 6.45) is 2.25. The van der Waals surface area contributed by atoms with Gasteiger partial charge >= 0.3 is 0 Å². The molecule has 1 fully saturated rings. The summed E-state index contributed by atoms with van der Waals surface area (Å²) < 4.78 is 5.96. The molecular weight excluding hydrogens is 281 g/mol. The predicted molar refractivity (Wildman–Crippen MR) is 81.0 cm³/mol. The fourth-order valence-corrected chi connectivity index (χ4v) is 3.15. The Hall–Kier alpha value is -0.280. The largest absolute Gasteiger partial charge is 0.373 e. The molecule has 106 valence electrons. The molecule has 1 saturated heterocycles. The third-order valence-corrected chi connectivity index (χ3v) is 4.18. The van der Waals surface area contributed by atoms with E-state index in [-0.39, 0.29) is 6.10 Å². The van der Waals surface area contributed by atoms with Crippen LogP contribution in [-0.2, 0) is 4.74 Å². The molecule has 2 atom stereocenters. The van der Waals surface area contributed by atoms with Crippen LogP contribution in [0.5, 0.6) is 0 Å². The van der Waals surface area contributed by atoms with Crippen LogP contribution in [0.3, 0.4) is 0 Å². The van der Waals surface area contributed by atoms with E-state index in [9.17, 15) is 0 Å². The van der Waals surface area contributed by atoms with Gasteiger partial charge in [0, 0.05) is 40.7 Å². The zero-order chi connectivity index (χ0) is 13.8. The molecule has 0 amide bonds. The van der Waals surface area contributed by atoms with E-state index in [1.165, 1.54) is 0 Å². The molecular formula is C15H21Cl2NO. The molecule has 19 heavy (non-hydrogen) atoms. The van der Waals surface area contributed by atoms with Gasteiger partial charge in [-0.25, -0.2) is 0 Å². The summed E-state index contributed by atoms with van der Waals surface area (Å²) in [5, 5.41) is 4.89. The van der Waals surface area contributed by atoms with Crippen LogP contribution in [0.2, 0.25) is 10.0 Å². The number of benzene rings is 1. The Morgan fingerprint density at radius 3 is 2.63 bits per heavy atom. The average molecular weight is 302 g/mol. The van der Waals surface area contributed by atoms with Crippen LogP contribution >= 0.6 is 23.2 Å². The molecule has 2 nitrogen and oxygen atoms in total. The lowest BCUT2D eigenvalue weighted by molar-refractivity contribution is -0.0281. The Balaban J connectivity index is 2.19. The summed E-state index contributed by atoms with van der Waals surface area (Å²) in [6.45, 7) is 6.02. The molecule has 1 aliphatic rings. The Morgan fingerprint density at radius 1 is 1.32 bits per heavy atom. The smallest absolute Gasteiger partial charge is 0.0894 e. The molecule has 1 aromatic carbocycles. The molecule has 0 radical (unpaired) electrons. The summed E-state index contributed by atoms with van der Waals surface area (Å²) in [5.74, 6) is 0.425. The maximum Gasteiger partial charge on any atom is 0.0894 e. The molecule has 0 spiro atoms. The molecule has 0 aliphatic carbocycles. The van der Waals surface area contributed by atoms with Crippen molar-refractivity contribution in [1.29, 1.82) is 0 Å². The van der Waals surface area contributed by atoms with E-state index < -0.39 is 0 Å². The maximum absolute atomic E-state index is 6.31. The second-order valence-electron chi connectivity index (χ2n) is 5.39. The Kier molecular flexibility index (Phi) is 5.52. The van der Waals surface area contributed by atoms with Gasteiger partial charge in [0.2, 0.25) is 0 Å². The lowest BCUT2D eigenvalue weighted by Crippen LogP contribution is -2.35. The van der Waals surface area contributed by atoms with Crippen molar-refractivity contribution in [2.75, 3.05) is 13.2 Å². The van der Waals surface area contributed by atoms with Crippen LogP contribution in [0.4, 0.5) is 0 Å². The highest BCUT2D eigenvalue weighted by atomic mass is 35.5. The zero-order valence-corrected chi connectivity index (χ0v) is 13.0. The third kappa shape index (κ3) is 3.85. The first kappa shape index (κ1) is 15.1. The summed E-state index contributed by atoms with van der Waals surface area (Å²) in [6, 6.07) is 6.11. The molecule has 1 aliphatic heterocycles. The lowest BCUT2D eigenvalue weighted by atomic mass is 9.89. The number of hydrogen-bond acceptors (Lipinski definition) is 2. The minimum absolute atomic E-state index is 0.00111. The Morgan fingerprint density at radius 2 is 2.00 bits per heavy atom. The van der Waals surface area contributed by atoms with Crippen LogP contribution in [0.1, 0.15) is 38.4 Å². The third-order valence-electron chi connectivity index (χ3n) is 3.52. The van der Waals surface area contributed by atoms with Gasteiger partial charge in [-0.05, 0) is 25.0 Å². The normalized spacial score (nSPS) is 23.8. The second-order valence-corrected chi connectivity index (χ2v) is 6.21. The standard InChI is InChI=1S/C15H21Cl2NO/c1-10(2)18-9-11-5-4-8-19-15(11)14-12(16)6-3-7-13(14)17/h3,6-7,10-11,15,18H,4-5,8-9H2,1-2H3. The van der Waals surface area contributed by atoms with E-state index >= 15 is 0 Å². The molecule has 0 aromatic heterocycles. The minimum Gasteiger partial charge on any atom is -0.373 e. The van der Waals surface area contributed by atoms with Crippen molar-refractivity contribution in [1.82, 2.24) is 5.32 Å². The van der Waals surface area contributed by atoms with Crippen LogP contribution in [0, 0.1) is 5.92 Å². The van der Waals surface area contributed by atoms with E-state index in [1.54, 1.807) is 0 Å². The molecule has 1 N–H and O–H groups in total. The van der Waals surface area contributed by atoms with E-state index in [4.69, 9.17) is 27.9 Å². The van der Waals surface area contributed by atoms with Gasteiger partial charge in [-0.1, -0.05) is 43.1 Å². The fourth-order valence-electron chi connectivity index (χ4n) is 2.54. The van der Waals surface area contributed by atoms with Gasteiger partial charge in [0.05, 0.1) is 6.10 Å². The topological polar surface area (TPSA) is 21.3 Å². The number of rotatable bonds is 4. The first-order valence-corrected chi connectivity index (χ1v) is 7.64. The van der Waals surface area contributed by atoms with E-state index in [0.717, 1.165) is 31.6 Å². The Labute approximate surface area is 125 Å². The fraction of sp³-hybridized carbons (Fsp3) is 0.600. The van der Waals surface area contributed by atoms with E-state index in [0.29, 0.717) is 22.0 Å². The summed E-state index contributed by atoms with van der Waals surface area (Å²) >= 11 is 12.6. The highest BCUT2D eigenvalue weighted by Gasteiger charge is 2.30. The van der Waals surface area contributed by atoms with Gasteiger partial charge in [-0.15, -0.1) is 0 Å². The van der Waals surface area contributed by atoms with Crippen LogP contribution in [0.25, 0.3) is 0 Å². The van der Waals surface area contributed by atoms with Gasteiger partial charge in [0.15, 0.2) is 0 Å². The quantitative estimate of drug-likeness (QED) is 0.886. The van der Waals surface area contributed by atoms with E-state index in [2.05, 4.69) is 19.2 Å². The van der Waals surface area contributed by atoms with Gasteiger partial charge < -0.3 is 10.1 Å². The monoisotopic (exact) mass is 301 g/mol. The molecule has 1 aromatic rings. The van der Waals surface area contributed by atoms with Crippen molar-refractivity contribution in [2.24, 2.45) is 5.92 Å². The number of hydrogen-bond donors (Lipinski definition) is 1. The van der Waals surface area contributed by atoms with Gasteiger partial charge in [-0.3, -0.25) is 0 Å². The SMILES string of the molecule is CC(C)NCC1CCCOC1c1c(Cl)cccc1Cl. The predicted octanol–water partition coefficient (Wildman–Crippen LogP) is 4.46. The summed E-state index contributed by atoms with van der Waals surface area (Å²) in [4.78, 5) is 0. The van der Waals surface area contributed by atoms with Crippen LogP contribution in [0.15, 0.2) is 18.2 Å². The van der Waals surface area contributed by atoms with Crippen molar-refractivity contribution in [3.05, 3.63) is 33.8 Å². The van der Waals surface area contributed by atoms with Crippen molar-refractivity contribution >= 4 is 23.2 Å².